The Labute approximate surface area is 72.3 Å². The summed E-state index contributed by atoms with van der Waals surface area (Å²) in [6.07, 6.45) is 0. The van der Waals surface area contributed by atoms with Crippen LogP contribution < -0.4 is 0 Å². The predicted molar refractivity (Wildman–Crippen MR) is 41.5 cm³/mol. The molecule has 2 rings (SSSR count). The van der Waals surface area contributed by atoms with Gasteiger partial charge in [0.05, 0.1) is 10.6 Å². The summed E-state index contributed by atoms with van der Waals surface area (Å²) in [6, 6.07) is 5.13. The first-order valence-corrected chi connectivity index (χ1v) is 3.51. The van der Waals surface area contributed by atoms with Crippen molar-refractivity contribution in [1.29, 1.82) is 5.26 Å². The average Bonchev–Trinajstić information content (AvgIpc) is 2.54. The molecule has 0 amide bonds. The highest BCUT2D eigenvalue weighted by atomic mass is 35.5. The number of hydrogen-bond donors (Lipinski definition) is 0. The lowest BCUT2D eigenvalue weighted by Crippen LogP contribution is -1.78. The van der Waals surface area contributed by atoms with E-state index in [4.69, 9.17) is 16.9 Å². The molecular weight excluding hydrogens is 178 g/mol. The third kappa shape index (κ3) is 0.840. The number of aromatic nitrogens is 2. The Hall–Kier alpha value is -1.60. The first-order valence-electron chi connectivity index (χ1n) is 3.14. The minimum Gasteiger partial charge on any atom is -0.243 e. The maximum Gasteiger partial charge on any atom is 0.155 e. The van der Waals surface area contributed by atoms with Crippen LogP contribution >= 0.6 is 11.6 Å². The Balaban J connectivity index is 2.94. The third-order valence-corrected chi connectivity index (χ3v) is 1.79. The van der Waals surface area contributed by atoms with Crippen LogP contribution in [0.15, 0.2) is 16.8 Å². The molecule has 0 fully saturated rings. The Morgan fingerprint density at radius 2 is 2.08 bits per heavy atom. The van der Waals surface area contributed by atoms with Crippen LogP contribution in [0.3, 0.4) is 0 Å². The second-order valence-electron chi connectivity index (χ2n) is 2.17. The molecule has 0 saturated carbocycles. The van der Waals surface area contributed by atoms with Crippen LogP contribution in [-0.2, 0) is 0 Å². The lowest BCUT2D eigenvalue weighted by molar-refractivity contribution is 0.315. The monoisotopic (exact) mass is 179 g/mol. The Kier molecular flexibility index (Phi) is 1.45. The number of nitriles is 1. The smallest absolute Gasteiger partial charge is 0.155 e. The van der Waals surface area contributed by atoms with Gasteiger partial charge in [-0.25, -0.2) is 4.63 Å². The van der Waals surface area contributed by atoms with E-state index in [0.717, 1.165) is 0 Å². The Morgan fingerprint density at radius 1 is 1.33 bits per heavy atom. The van der Waals surface area contributed by atoms with Crippen LogP contribution in [0.2, 0.25) is 5.02 Å². The molecule has 1 aromatic heterocycles. The second kappa shape index (κ2) is 2.47. The van der Waals surface area contributed by atoms with Crippen molar-refractivity contribution >= 4 is 22.6 Å². The molecule has 0 bridgehead atoms. The third-order valence-electron chi connectivity index (χ3n) is 1.49. The van der Waals surface area contributed by atoms with Crippen LogP contribution in [0.4, 0.5) is 0 Å². The van der Waals surface area contributed by atoms with Crippen molar-refractivity contribution in [2.24, 2.45) is 0 Å². The summed E-state index contributed by atoms with van der Waals surface area (Å²) >= 11 is 5.76. The first-order chi connectivity index (χ1) is 5.83. The van der Waals surface area contributed by atoms with Crippen molar-refractivity contribution in [3.05, 3.63) is 22.7 Å². The highest BCUT2D eigenvalue weighted by Crippen LogP contribution is 2.22. The fraction of sp³-hybridized carbons (Fsp3) is 0. The maximum atomic E-state index is 8.64. The standard InChI is InChI=1S/C7H2ClN3O/c8-5-2-1-4(3-9)6-7(5)11-12-10-6/h1-2H. The van der Waals surface area contributed by atoms with Crippen molar-refractivity contribution in [2.75, 3.05) is 0 Å². The van der Waals surface area contributed by atoms with E-state index in [1.165, 1.54) is 0 Å². The molecule has 0 saturated heterocycles. The van der Waals surface area contributed by atoms with Gasteiger partial charge in [0.1, 0.15) is 6.07 Å². The van der Waals surface area contributed by atoms with Crippen molar-refractivity contribution in [3.8, 4) is 6.07 Å². The van der Waals surface area contributed by atoms with E-state index in [1.807, 2.05) is 6.07 Å². The molecule has 0 radical (unpaired) electrons. The largest absolute Gasteiger partial charge is 0.243 e. The van der Waals surface area contributed by atoms with E-state index in [0.29, 0.717) is 21.6 Å². The fourth-order valence-corrected chi connectivity index (χ4v) is 1.11. The summed E-state index contributed by atoms with van der Waals surface area (Å²) in [5.41, 5.74) is 1.25. The molecule has 0 aliphatic rings. The molecule has 1 aromatic carbocycles. The van der Waals surface area contributed by atoms with Gasteiger partial charge in [-0.1, -0.05) is 11.6 Å². The lowest BCUT2D eigenvalue weighted by atomic mass is 10.2. The summed E-state index contributed by atoms with van der Waals surface area (Å²) in [4.78, 5) is 0. The normalized spacial score (nSPS) is 10.0. The number of fused-ring (bicyclic) bond motifs is 1. The summed E-state index contributed by atoms with van der Waals surface area (Å²) in [5.74, 6) is 0. The van der Waals surface area contributed by atoms with Crippen molar-refractivity contribution in [3.63, 3.8) is 0 Å². The Morgan fingerprint density at radius 3 is 2.83 bits per heavy atom. The number of hydrogen-bond acceptors (Lipinski definition) is 4. The predicted octanol–water partition coefficient (Wildman–Crippen LogP) is 1.75. The van der Waals surface area contributed by atoms with Crippen molar-refractivity contribution < 1.29 is 4.63 Å². The highest BCUT2D eigenvalue weighted by Gasteiger charge is 2.09. The number of nitrogens with zero attached hydrogens (tertiary/aromatic N) is 3. The van der Waals surface area contributed by atoms with Gasteiger partial charge in [-0.15, -0.1) is 0 Å². The maximum absolute atomic E-state index is 8.64. The lowest BCUT2D eigenvalue weighted by Gasteiger charge is -1.89. The van der Waals surface area contributed by atoms with E-state index in [-0.39, 0.29) is 0 Å². The van der Waals surface area contributed by atoms with Gasteiger partial charge in [-0.3, -0.25) is 0 Å². The van der Waals surface area contributed by atoms with E-state index < -0.39 is 0 Å². The van der Waals surface area contributed by atoms with E-state index in [9.17, 15) is 0 Å². The molecule has 5 heteroatoms. The van der Waals surface area contributed by atoms with Gasteiger partial charge in [-0.2, -0.15) is 5.26 Å². The molecule has 0 atom stereocenters. The van der Waals surface area contributed by atoms with Crippen LogP contribution in [0.1, 0.15) is 5.56 Å². The van der Waals surface area contributed by atoms with Crippen molar-refractivity contribution in [2.45, 2.75) is 0 Å². The van der Waals surface area contributed by atoms with Crippen LogP contribution in [0.5, 0.6) is 0 Å². The number of rotatable bonds is 0. The van der Waals surface area contributed by atoms with Gasteiger partial charge in [0.2, 0.25) is 0 Å². The number of benzene rings is 1. The van der Waals surface area contributed by atoms with Crippen LogP contribution in [0.25, 0.3) is 11.0 Å². The Bertz CT molecular complexity index is 471. The fourth-order valence-electron chi connectivity index (χ4n) is 0.927. The minimum absolute atomic E-state index is 0.407. The summed E-state index contributed by atoms with van der Waals surface area (Å²) in [6.45, 7) is 0. The molecule has 2 aromatic rings. The molecule has 0 aliphatic heterocycles. The minimum atomic E-state index is 0.407. The molecule has 0 spiro atoms. The van der Waals surface area contributed by atoms with Gasteiger partial charge >= 0.3 is 0 Å². The van der Waals surface area contributed by atoms with Gasteiger partial charge < -0.3 is 0 Å². The summed E-state index contributed by atoms with van der Waals surface area (Å²) in [7, 11) is 0. The molecule has 4 nitrogen and oxygen atoms in total. The second-order valence-corrected chi connectivity index (χ2v) is 2.58. The van der Waals surface area contributed by atoms with E-state index in [1.54, 1.807) is 12.1 Å². The zero-order chi connectivity index (χ0) is 8.55. The molecule has 1 heterocycles. The van der Waals surface area contributed by atoms with Gasteiger partial charge in [-0.05, 0) is 22.4 Å². The zero-order valence-electron chi connectivity index (χ0n) is 5.78. The molecule has 12 heavy (non-hydrogen) atoms. The first kappa shape index (κ1) is 7.07. The van der Waals surface area contributed by atoms with Crippen LogP contribution in [0, 0.1) is 11.3 Å². The quantitative estimate of drug-likeness (QED) is 0.618. The van der Waals surface area contributed by atoms with Gasteiger partial charge in [0.15, 0.2) is 11.0 Å². The highest BCUT2D eigenvalue weighted by molar-refractivity contribution is 6.35. The molecular formula is C7H2ClN3O. The van der Waals surface area contributed by atoms with Gasteiger partial charge in [0.25, 0.3) is 0 Å². The molecule has 0 unspecified atom stereocenters. The summed E-state index contributed by atoms with van der Waals surface area (Å²) < 4.78 is 4.45. The van der Waals surface area contributed by atoms with E-state index in [2.05, 4.69) is 14.9 Å². The molecule has 58 valence electrons. The summed E-state index contributed by atoms with van der Waals surface area (Å²) in [5, 5.41) is 16.2. The molecule has 0 N–H and O–H groups in total. The number of halogens is 1. The SMILES string of the molecule is N#Cc1ccc(Cl)c2nonc12. The van der Waals surface area contributed by atoms with Crippen molar-refractivity contribution in [1.82, 2.24) is 10.3 Å². The zero-order valence-corrected chi connectivity index (χ0v) is 6.54. The van der Waals surface area contributed by atoms with Crippen LogP contribution in [-0.4, -0.2) is 10.3 Å². The average molecular weight is 180 g/mol. The van der Waals surface area contributed by atoms with E-state index >= 15 is 0 Å². The molecule has 0 aliphatic carbocycles. The topological polar surface area (TPSA) is 62.7 Å². The van der Waals surface area contributed by atoms with Gasteiger partial charge in [0, 0.05) is 0 Å².